The number of benzene rings is 2. The first-order valence-electron chi connectivity index (χ1n) is 7.93. The van der Waals surface area contributed by atoms with Gasteiger partial charge in [0.15, 0.2) is 11.5 Å². The molecule has 0 aliphatic rings. The van der Waals surface area contributed by atoms with Crippen molar-refractivity contribution in [2.24, 2.45) is 0 Å². The van der Waals surface area contributed by atoms with Crippen molar-refractivity contribution in [3.63, 3.8) is 0 Å². The number of nitrogens with zero attached hydrogens (tertiary/aromatic N) is 1. The van der Waals surface area contributed by atoms with Crippen LogP contribution in [0.4, 0.5) is 0 Å². The molecule has 2 aromatic carbocycles. The van der Waals surface area contributed by atoms with Crippen molar-refractivity contribution in [1.82, 2.24) is 4.98 Å². The highest BCUT2D eigenvalue weighted by Crippen LogP contribution is 2.41. The van der Waals surface area contributed by atoms with Crippen LogP contribution < -0.4 is 14.2 Å². The molecule has 1 aromatic heterocycles. The predicted molar refractivity (Wildman–Crippen MR) is 97.5 cm³/mol. The second-order valence-electron chi connectivity index (χ2n) is 5.71. The van der Waals surface area contributed by atoms with E-state index in [1.807, 2.05) is 43.3 Å². The van der Waals surface area contributed by atoms with E-state index in [-0.39, 0.29) is 6.61 Å². The van der Waals surface area contributed by atoms with Crippen LogP contribution in [0.25, 0.3) is 22.2 Å². The SMILES string of the molecule is COc1cc(-c2nc3c(C)cccc3cc2CO)cc(OC)c1OC. The number of aryl methyl sites for hydroxylation is 1. The molecule has 0 radical (unpaired) electrons. The molecule has 5 heteroatoms. The molecule has 0 spiro atoms. The quantitative estimate of drug-likeness (QED) is 0.767. The number of aliphatic hydroxyl groups excluding tert-OH is 1. The average Bonchev–Trinajstić information content (AvgIpc) is 2.66. The van der Waals surface area contributed by atoms with Gasteiger partial charge in [0.25, 0.3) is 0 Å². The number of ether oxygens (including phenoxy) is 3. The molecule has 5 nitrogen and oxygen atoms in total. The summed E-state index contributed by atoms with van der Waals surface area (Å²) in [5, 5.41) is 10.8. The van der Waals surface area contributed by atoms with E-state index in [1.165, 1.54) is 0 Å². The molecule has 0 saturated heterocycles. The van der Waals surface area contributed by atoms with Gasteiger partial charge in [-0.25, -0.2) is 4.98 Å². The van der Waals surface area contributed by atoms with E-state index in [4.69, 9.17) is 19.2 Å². The molecule has 0 aliphatic carbocycles. The Kier molecular flexibility index (Phi) is 4.76. The standard InChI is InChI=1S/C20H21NO4/c1-12-6-5-7-13-8-15(11-22)19(21-18(12)13)14-9-16(23-2)20(25-4)17(10-14)24-3/h5-10,22H,11H2,1-4H3. The third-order valence-corrected chi connectivity index (χ3v) is 4.23. The molecule has 0 bridgehead atoms. The first-order chi connectivity index (χ1) is 12.1. The zero-order chi connectivity index (χ0) is 18.0. The van der Waals surface area contributed by atoms with E-state index in [9.17, 15) is 5.11 Å². The topological polar surface area (TPSA) is 60.8 Å². The van der Waals surface area contributed by atoms with Gasteiger partial charge in [-0.1, -0.05) is 18.2 Å². The number of aromatic nitrogens is 1. The van der Waals surface area contributed by atoms with Crippen LogP contribution in [-0.2, 0) is 6.61 Å². The number of fused-ring (bicyclic) bond motifs is 1. The Morgan fingerprint density at radius 2 is 1.64 bits per heavy atom. The third-order valence-electron chi connectivity index (χ3n) is 4.23. The molecule has 0 unspecified atom stereocenters. The van der Waals surface area contributed by atoms with Crippen molar-refractivity contribution in [3.05, 3.63) is 47.5 Å². The van der Waals surface area contributed by atoms with Crippen molar-refractivity contribution in [2.75, 3.05) is 21.3 Å². The Morgan fingerprint density at radius 1 is 0.960 bits per heavy atom. The Balaban J connectivity index is 2.30. The number of hydrogen-bond acceptors (Lipinski definition) is 5. The van der Waals surface area contributed by atoms with Crippen molar-refractivity contribution in [3.8, 4) is 28.5 Å². The molecule has 0 fully saturated rings. The van der Waals surface area contributed by atoms with Crippen molar-refractivity contribution in [2.45, 2.75) is 13.5 Å². The number of hydrogen-bond donors (Lipinski definition) is 1. The lowest BCUT2D eigenvalue weighted by Crippen LogP contribution is -1.99. The summed E-state index contributed by atoms with van der Waals surface area (Å²) in [6.07, 6.45) is 0. The van der Waals surface area contributed by atoms with Crippen LogP contribution in [-0.4, -0.2) is 31.4 Å². The van der Waals surface area contributed by atoms with Gasteiger partial charge in [-0.3, -0.25) is 0 Å². The van der Waals surface area contributed by atoms with E-state index in [1.54, 1.807) is 21.3 Å². The fraction of sp³-hybridized carbons (Fsp3) is 0.250. The maximum atomic E-state index is 9.84. The Bertz CT molecular complexity index is 896. The summed E-state index contributed by atoms with van der Waals surface area (Å²) in [7, 11) is 4.72. The van der Waals surface area contributed by atoms with Crippen LogP contribution in [0.15, 0.2) is 36.4 Å². The van der Waals surface area contributed by atoms with Gasteiger partial charge in [0.05, 0.1) is 39.1 Å². The maximum absolute atomic E-state index is 9.84. The van der Waals surface area contributed by atoms with Gasteiger partial charge in [0.2, 0.25) is 5.75 Å². The number of pyridine rings is 1. The summed E-state index contributed by atoms with van der Waals surface area (Å²) in [4.78, 5) is 4.81. The molecule has 0 amide bonds. The summed E-state index contributed by atoms with van der Waals surface area (Å²) in [6, 6.07) is 11.6. The zero-order valence-corrected chi connectivity index (χ0v) is 14.8. The van der Waals surface area contributed by atoms with E-state index >= 15 is 0 Å². The fourth-order valence-corrected chi connectivity index (χ4v) is 2.98. The lowest BCUT2D eigenvalue weighted by Gasteiger charge is -2.16. The Labute approximate surface area is 146 Å². The second kappa shape index (κ2) is 6.99. The van der Waals surface area contributed by atoms with E-state index < -0.39 is 0 Å². The molecule has 1 N–H and O–H groups in total. The number of methoxy groups -OCH3 is 3. The molecule has 3 rings (SSSR count). The summed E-state index contributed by atoms with van der Waals surface area (Å²) in [5.74, 6) is 1.62. The van der Waals surface area contributed by atoms with Gasteiger partial charge in [-0.15, -0.1) is 0 Å². The fourth-order valence-electron chi connectivity index (χ4n) is 2.98. The van der Waals surface area contributed by atoms with Crippen molar-refractivity contribution < 1.29 is 19.3 Å². The molecule has 1 heterocycles. The summed E-state index contributed by atoms with van der Waals surface area (Å²) in [6.45, 7) is 1.91. The van der Waals surface area contributed by atoms with E-state index in [0.717, 1.165) is 27.6 Å². The third kappa shape index (κ3) is 2.98. The summed E-state index contributed by atoms with van der Waals surface area (Å²) >= 11 is 0. The van der Waals surface area contributed by atoms with Crippen LogP contribution in [0.3, 0.4) is 0 Å². The lowest BCUT2D eigenvalue weighted by molar-refractivity contribution is 0.282. The highest BCUT2D eigenvalue weighted by molar-refractivity contribution is 5.86. The van der Waals surface area contributed by atoms with Crippen LogP contribution in [0, 0.1) is 6.92 Å². The van der Waals surface area contributed by atoms with Gasteiger partial charge >= 0.3 is 0 Å². The monoisotopic (exact) mass is 339 g/mol. The minimum atomic E-state index is -0.108. The minimum Gasteiger partial charge on any atom is -0.493 e. The summed E-state index contributed by atoms with van der Waals surface area (Å²) < 4.78 is 16.2. The molecule has 0 aliphatic heterocycles. The Hall–Kier alpha value is -2.79. The Morgan fingerprint density at radius 3 is 2.20 bits per heavy atom. The minimum absolute atomic E-state index is 0.108. The second-order valence-corrected chi connectivity index (χ2v) is 5.71. The normalized spacial score (nSPS) is 10.8. The first-order valence-corrected chi connectivity index (χ1v) is 7.93. The van der Waals surface area contributed by atoms with Gasteiger partial charge in [-0.2, -0.15) is 0 Å². The molecule has 25 heavy (non-hydrogen) atoms. The summed E-state index contributed by atoms with van der Waals surface area (Å²) in [5.41, 5.74) is 4.22. The van der Waals surface area contributed by atoms with Crippen LogP contribution in [0.1, 0.15) is 11.1 Å². The number of para-hydroxylation sites is 1. The largest absolute Gasteiger partial charge is 0.493 e. The maximum Gasteiger partial charge on any atom is 0.203 e. The highest BCUT2D eigenvalue weighted by atomic mass is 16.5. The van der Waals surface area contributed by atoms with E-state index in [2.05, 4.69) is 0 Å². The molecule has 130 valence electrons. The zero-order valence-electron chi connectivity index (χ0n) is 14.8. The molecule has 0 atom stereocenters. The van der Waals surface area contributed by atoms with Crippen LogP contribution >= 0.6 is 0 Å². The smallest absolute Gasteiger partial charge is 0.203 e. The van der Waals surface area contributed by atoms with E-state index in [0.29, 0.717) is 22.9 Å². The van der Waals surface area contributed by atoms with Crippen molar-refractivity contribution in [1.29, 1.82) is 0 Å². The molecule has 0 saturated carbocycles. The van der Waals surface area contributed by atoms with Crippen LogP contribution in [0.2, 0.25) is 0 Å². The number of rotatable bonds is 5. The first kappa shape index (κ1) is 17.0. The predicted octanol–water partition coefficient (Wildman–Crippen LogP) is 3.73. The molecule has 3 aromatic rings. The van der Waals surface area contributed by atoms with Gasteiger partial charge < -0.3 is 19.3 Å². The van der Waals surface area contributed by atoms with Gasteiger partial charge in [0.1, 0.15) is 0 Å². The highest BCUT2D eigenvalue weighted by Gasteiger charge is 2.17. The van der Waals surface area contributed by atoms with Crippen LogP contribution in [0.5, 0.6) is 17.2 Å². The average molecular weight is 339 g/mol. The van der Waals surface area contributed by atoms with Crippen molar-refractivity contribution >= 4 is 10.9 Å². The lowest BCUT2D eigenvalue weighted by atomic mass is 10.0. The molecular formula is C20H21NO4. The number of aliphatic hydroxyl groups is 1. The van der Waals surface area contributed by atoms with Gasteiger partial charge in [0, 0.05) is 16.5 Å². The molecular weight excluding hydrogens is 318 g/mol. The van der Waals surface area contributed by atoms with Gasteiger partial charge in [-0.05, 0) is 30.7 Å².